The molecule has 2 N–H and O–H groups in total. The molecule has 114 valence electrons. The lowest BCUT2D eigenvalue weighted by atomic mass is 10.2. The largest absolute Gasteiger partial charge is 0.480 e. The van der Waals surface area contributed by atoms with Gasteiger partial charge in [-0.25, -0.2) is 0 Å². The molecule has 0 radical (unpaired) electrons. The highest BCUT2D eigenvalue weighted by Crippen LogP contribution is 2.10. The summed E-state index contributed by atoms with van der Waals surface area (Å²) in [4.78, 5) is 24.4. The summed E-state index contributed by atoms with van der Waals surface area (Å²) >= 11 is 0. The Morgan fingerprint density at radius 3 is 2.65 bits per heavy atom. The molecule has 1 amide bonds. The number of nitrogens with one attached hydrogen (secondary N) is 1. The summed E-state index contributed by atoms with van der Waals surface area (Å²) in [6.07, 6.45) is 0.770. The molecule has 7 nitrogen and oxygen atoms in total. The first-order chi connectivity index (χ1) is 8.93. The van der Waals surface area contributed by atoms with Crippen LogP contribution >= 0.6 is 12.4 Å². The average molecular weight is 306 g/mol. The molecule has 0 saturated heterocycles. The fourth-order valence-electron chi connectivity index (χ4n) is 1.68. The van der Waals surface area contributed by atoms with Gasteiger partial charge in [0.1, 0.15) is 0 Å². The van der Waals surface area contributed by atoms with E-state index in [1.165, 1.54) is 0 Å². The van der Waals surface area contributed by atoms with Gasteiger partial charge in [0.05, 0.1) is 18.3 Å². The summed E-state index contributed by atoms with van der Waals surface area (Å²) in [6, 6.07) is 1.05. The normalized spacial score (nSPS) is 11.8. The van der Waals surface area contributed by atoms with Crippen molar-refractivity contribution < 1.29 is 19.2 Å². The van der Waals surface area contributed by atoms with E-state index < -0.39 is 12.0 Å². The van der Waals surface area contributed by atoms with Crippen molar-refractivity contribution >= 4 is 30.2 Å². The van der Waals surface area contributed by atoms with Gasteiger partial charge in [-0.15, -0.1) is 12.4 Å². The third-order valence-electron chi connectivity index (χ3n) is 2.65. The molecule has 0 aliphatic carbocycles. The van der Waals surface area contributed by atoms with Crippen LogP contribution in [0.25, 0.3) is 0 Å². The van der Waals surface area contributed by atoms with Crippen molar-refractivity contribution in [3.8, 4) is 0 Å². The molecule has 0 fully saturated rings. The molecule has 0 bridgehead atoms. The second-order valence-corrected chi connectivity index (χ2v) is 4.36. The Hall–Kier alpha value is -1.60. The van der Waals surface area contributed by atoms with E-state index in [1.807, 2.05) is 6.92 Å². The second-order valence-electron chi connectivity index (χ2n) is 4.36. The Balaban J connectivity index is 0.00000361. The molecular weight excluding hydrogens is 286 g/mol. The molecule has 1 rings (SSSR count). The summed E-state index contributed by atoms with van der Waals surface area (Å²) in [6.45, 7) is 5.71. The van der Waals surface area contributed by atoms with Gasteiger partial charge in [0.15, 0.2) is 0 Å². The zero-order chi connectivity index (χ0) is 14.4. The molecule has 1 heterocycles. The fourth-order valence-corrected chi connectivity index (χ4v) is 1.68. The minimum Gasteiger partial charge on any atom is -0.480 e. The molecule has 0 saturated carbocycles. The van der Waals surface area contributed by atoms with Crippen LogP contribution < -0.4 is 5.32 Å². The van der Waals surface area contributed by atoms with Crippen molar-refractivity contribution in [2.75, 3.05) is 18.4 Å². The zero-order valence-electron chi connectivity index (χ0n) is 11.8. The minimum absolute atomic E-state index is 0. The maximum atomic E-state index is 12.0. The topological polar surface area (TPSA) is 95.7 Å². The van der Waals surface area contributed by atoms with Gasteiger partial charge in [-0.2, -0.15) is 0 Å². The molecule has 0 aliphatic rings. The van der Waals surface area contributed by atoms with Crippen LogP contribution in [0.5, 0.6) is 0 Å². The molecule has 1 aromatic rings. The van der Waals surface area contributed by atoms with E-state index in [0.29, 0.717) is 12.2 Å². The number of hydrogen-bond donors (Lipinski definition) is 2. The number of rotatable bonds is 7. The van der Waals surface area contributed by atoms with Crippen molar-refractivity contribution in [1.82, 2.24) is 10.1 Å². The quantitative estimate of drug-likeness (QED) is 0.793. The number of nitrogens with zero attached hydrogens (tertiary/aromatic N) is 2. The highest BCUT2D eigenvalue weighted by Gasteiger charge is 2.23. The maximum Gasteiger partial charge on any atom is 0.317 e. The number of carbonyl (C=O) groups is 2. The van der Waals surface area contributed by atoms with Crippen LogP contribution in [0.15, 0.2) is 10.6 Å². The number of aromatic nitrogens is 1. The monoisotopic (exact) mass is 305 g/mol. The number of aliphatic carboxylic acids is 1. The first-order valence-electron chi connectivity index (χ1n) is 6.14. The molecule has 0 spiro atoms. The third-order valence-corrected chi connectivity index (χ3v) is 2.65. The lowest BCUT2D eigenvalue weighted by Crippen LogP contribution is -2.44. The van der Waals surface area contributed by atoms with Crippen LogP contribution in [-0.4, -0.2) is 46.2 Å². The number of halogens is 1. The number of aryl methyl sites for hydroxylation is 1. The van der Waals surface area contributed by atoms with Gasteiger partial charge >= 0.3 is 5.97 Å². The van der Waals surface area contributed by atoms with Crippen molar-refractivity contribution in [3.05, 3.63) is 11.8 Å². The molecular formula is C12H20ClN3O4. The molecule has 8 heteroatoms. The fraction of sp³-hybridized carbons (Fsp3) is 0.583. The summed E-state index contributed by atoms with van der Waals surface area (Å²) in [5.41, 5.74) is 0.666. The summed E-state index contributed by atoms with van der Waals surface area (Å²) in [7, 11) is 0. The molecule has 1 atom stereocenters. The third kappa shape index (κ3) is 5.58. The Bertz CT molecular complexity index is 450. The molecule has 20 heavy (non-hydrogen) atoms. The summed E-state index contributed by atoms with van der Waals surface area (Å²) in [5, 5.41) is 15.1. The highest BCUT2D eigenvalue weighted by atomic mass is 35.5. The smallest absolute Gasteiger partial charge is 0.317 e. The van der Waals surface area contributed by atoms with Gasteiger partial charge in [0.2, 0.25) is 11.8 Å². The van der Waals surface area contributed by atoms with E-state index >= 15 is 0 Å². The van der Waals surface area contributed by atoms with Gasteiger partial charge in [0.25, 0.3) is 0 Å². The SMILES string of the molecule is CCCN(CC(=O)O)C(C)C(=O)Nc1cc(C)no1.Cl. The van der Waals surface area contributed by atoms with E-state index in [2.05, 4.69) is 10.5 Å². The Kier molecular flexibility index (Phi) is 7.86. The van der Waals surface area contributed by atoms with E-state index in [1.54, 1.807) is 24.8 Å². The van der Waals surface area contributed by atoms with Crippen molar-refractivity contribution in [3.63, 3.8) is 0 Å². The van der Waals surface area contributed by atoms with Gasteiger partial charge in [0, 0.05) is 6.07 Å². The van der Waals surface area contributed by atoms with E-state index in [-0.39, 0.29) is 30.7 Å². The molecule has 1 aromatic heterocycles. The Labute approximate surface area is 123 Å². The zero-order valence-corrected chi connectivity index (χ0v) is 12.6. The standard InChI is InChI=1S/C12H19N3O4.ClH/c1-4-5-15(7-11(16)17)9(3)12(18)13-10-6-8(2)14-19-10;/h6,9H,4-5,7H2,1-3H3,(H,13,18)(H,16,17);1H. The van der Waals surface area contributed by atoms with Gasteiger partial charge in [-0.3, -0.25) is 19.8 Å². The van der Waals surface area contributed by atoms with Crippen LogP contribution in [0.4, 0.5) is 5.88 Å². The van der Waals surface area contributed by atoms with Gasteiger partial charge in [-0.05, 0) is 26.8 Å². The molecule has 1 unspecified atom stereocenters. The van der Waals surface area contributed by atoms with Crippen molar-refractivity contribution in [2.24, 2.45) is 0 Å². The van der Waals surface area contributed by atoms with Crippen LogP contribution in [-0.2, 0) is 9.59 Å². The second kappa shape index (κ2) is 8.55. The van der Waals surface area contributed by atoms with Crippen molar-refractivity contribution in [1.29, 1.82) is 0 Å². The van der Waals surface area contributed by atoms with E-state index in [4.69, 9.17) is 9.63 Å². The lowest BCUT2D eigenvalue weighted by Gasteiger charge is -2.25. The Morgan fingerprint density at radius 2 is 2.20 bits per heavy atom. The van der Waals surface area contributed by atoms with Crippen molar-refractivity contribution in [2.45, 2.75) is 33.2 Å². The molecule has 0 aliphatic heterocycles. The van der Waals surface area contributed by atoms with Crippen LogP contribution in [0.2, 0.25) is 0 Å². The lowest BCUT2D eigenvalue weighted by molar-refractivity contribution is -0.139. The summed E-state index contributed by atoms with van der Waals surface area (Å²) in [5.74, 6) is -1.00. The first kappa shape index (κ1) is 18.4. The van der Waals surface area contributed by atoms with Crippen LogP contribution in [0, 0.1) is 6.92 Å². The number of hydrogen-bond acceptors (Lipinski definition) is 5. The van der Waals surface area contributed by atoms with Gasteiger partial charge < -0.3 is 9.63 Å². The maximum absolute atomic E-state index is 12.0. The highest BCUT2D eigenvalue weighted by molar-refractivity contribution is 5.93. The number of amides is 1. The van der Waals surface area contributed by atoms with E-state index in [9.17, 15) is 9.59 Å². The Morgan fingerprint density at radius 1 is 1.55 bits per heavy atom. The number of anilines is 1. The predicted octanol–water partition coefficient (Wildman–Crippen LogP) is 1.53. The van der Waals surface area contributed by atoms with Gasteiger partial charge in [-0.1, -0.05) is 12.1 Å². The van der Waals surface area contributed by atoms with Crippen LogP contribution in [0.3, 0.4) is 0 Å². The molecule has 0 aromatic carbocycles. The predicted molar refractivity (Wildman–Crippen MR) is 76.1 cm³/mol. The van der Waals surface area contributed by atoms with E-state index in [0.717, 1.165) is 6.42 Å². The average Bonchev–Trinajstić information content (AvgIpc) is 2.72. The first-order valence-corrected chi connectivity index (χ1v) is 6.14. The van der Waals surface area contributed by atoms with Crippen LogP contribution in [0.1, 0.15) is 26.0 Å². The summed E-state index contributed by atoms with van der Waals surface area (Å²) < 4.78 is 4.89. The number of carbonyl (C=O) groups excluding carboxylic acids is 1. The minimum atomic E-state index is -0.955. The number of carboxylic acids is 1. The number of carboxylic acid groups (broad SMARTS) is 1.